The van der Waals surface area contributed by atoms with Gasteiger partial charge in [0.15, 0.2) is 0 Å². The van der Waals surface area contributed by atoms with Crippen LogP contribution in [-0.2, 0) is 6.54 Å². The summed E-state index contributed by atoms with van der Waals surface area (Å²) in [6, 6.07) is 23.5. The van der Waals surface area contributed by atoms with E-state index in [4.69, 9.17) is 0 Å². The molecule has 0 unspecified atom stereocenters. The van der Waals surface area contributed by atoms with Gasteiger partial charge in [0.2, 0.25) is 0 Å². The molecule has 0 aliphatic rings. The van der Waals surface area contributed by atoms with Crippen LogP contribution in [0, 0.1) is 5.82 Å². The first-order valence-corrected chi connectivity index (χ1v) is 8.64. The number of benzene rings is 3. The van der Waals surface area contributed by atoms with Crippen LogP contribution >= 0.6 is 11.8 Å². The van der Waals surface area contributed by atoms with Crippen LogP contribution in [0.4, 0.5) is 14.9 Å². The molecule has 2 N–H and O–H groups in total. The number of hydrogen-bond donors (Lipinski definition) is 2. The van der Waals surface area contributed by atoms with Crippen molar-refractivity contribution in [2.45, 2.75) is 16.3 Å². The summed E-state index contributed by atoms with van der Waals surface area (Å²) in [6.07, 6.45) is 0. The van der Waals surface area contributed by atoms with Crippen molar-refractivity contribution in [1.82, 2.24) is 5.32 Å². The average Bonchev–Trinajstić information content (AvgIpc) is 2.64. The monoisotopic (exact) mass is 352 g/mol. The minimum Gasteiger partial charge on any atom is -0.334 e. The lowest BCUT2D eigenvalue weighted by Crippen LogP contribution is -2.28. The van der Waals surface area contributed by atoms with Crippen molar-refractivity contribution in [1.29, 1.82) is 0 Å². The van der Waals surface area contributed by atoms with E-state index in [1.165, 1.54) is 6.07 Å². The van der Waals surface area contributed by atoms with Crippen LogP contribution < -0.4 is 10.6 Å². The van der Waals surface area contributed by atoms with Crippen LogP contribution in [0.25, 0.3) is 0 Å². The Morgan fingerprint density at radius 3 is 2.36 bits per heavy atom. The summed E-state index contributed by atoms with van der Waals surface area (Å²) < 4.78 is 13.6. The van der Waals surface area contributed by atoms with E-state index < -0.39 is 0 Å². The van der Waals surface area contributed by atoms with Crippen molar-refractivity contribution < 1.29 is 9.18 Å². The normalized spacial score (nSPS) is 10.3. The summed E-state index contributed by atoms with van der Waals surface area (Å²) in [5.41, 5.74) is 1.16. The van der Waals surface area contributed by atoms with Crippen molar-refractivity contribution in [2.24, 2.45) is 0 Å². The molecule has 3 nitrogen and oxygen atoms in total. The standard InChI is InChI=1S/C20H17FN2OS/c21-17-11-5-4-8-15(17)14-22-20(24)23-18-12-6-7-13-19(18)25-16-9-2-1-3-10-16/h1-13H,14H2,(H2,22,23,24). The lowest BCUT2D eigenvalue weighted by Gasteiger charge is -2.12. The quantitative estimate of drug-likeness (QED) is 0.654. The fourth-order valence-corrected chi connectivity index (χ4v) is 3.18. The van der Waals surface area contributed by atoms with Crippen LogP contribution in [0.5, 0.6) is 0 Å². The highest BCUT2D eigenvalue weighted by molar-refractivity contribution is 7.99. The molecule has 0 aliphatic carbocycles. The molecule has 3 aromatic rings. The van der Waals surface area contributed by atoms with Crippen LogP contribution in [0.1, 0.15) is 5.56 Å². The van der Waals surface area contributed by atoms with E-state index in [9.17, 15) is 9.18 Å². The molecule has 0 aliphatic heterocycles. The second-order valence-electron chi connectivity index (χ2n) is 5.31. The van der Waals surface area contributed by atoms with Gasteiger partial charge in [0, 0.05) is 21.9 Å². The Bertz CT molecular complexity index is 855. The molecule has 3 aromatic carbocycles. The van der Waals surface area contributed by atoms with Gasteiger partial charge in [0.05, 0.1) is 5.69 Å². The van der Waals surface area contributed by atoms with E-state index >= 15 is 0 Å². The van der Waals surface area contributed by atoms with Gasteiger partial charge in [-0.05, 0) is 30.3 Å². The van der Waals surface area contributed by atoms with Crippen LogP contribution in [0.15, 0.2) is 88.7 Å². The first-order valence-electron chi connectivity index (χ1n) is 7.82. The highest BCUT2D eigenvalue weighted by Gasteiger charge is 2.08. The second-order valence-corrected chi connectivity index (χ2v) is 6.43. The molecule has 0 atom stereocenters. The number of carbonyl (C=O) groups excluding carboxylic acids is 1. The number of hydrogen-bond acceptors (Lipinski definition) is 2. The number of rotatable bonds is 5. The average molecular weight is 352 g/mol. The summed E-state index contributed by atoms with van der Waals surface area (Å²) in [6.45, 7) is 0.131. The van der Waals surface area contributed by atoms with Gasteiger partial charge in [-0.2, -0.15) is 0 Å². The van der Waals surface area contributed by atoms with E-state index in [0.717, 1.165) is 9.79 Å². The zero-order chi connectivity index (χ0) is 17.5. The van der Waals surface area contributed by atoms with Gasteiger partial charge in [0.1, 0.15) is 5.82 Å². The smallest absolute Gasteiger partial charge is 0.319 e. The zero-order valence-electron chi connectivity index (χ0n) is 13.4. The topological polar surface area (TPSA) is 41.1 Å². The van der Waals surface area contributed by atoms with Crippen molar-refractivity contribution >= 4 is 23.5 Å². The SMILES string of the molecule is O=C(NCc1ccccc1F)Nc1ccccc1Sc1ccccc1. The Morgan fingerprint density at radius 2 is 1.56 bits per heavy atom. The molecule has 0 saturated carbocycles. The Hall–Kier alpha value is -2.79. The predicted octanol–water partition coefficient (Wildman–Crippen LogP) is 5.30. The minimum atomic E-state index is -0.371. The number of para-hydroxylation sites is 1. The van der Waals surface area contributed by atoms with Crippen molar-refractivity contribution in [3.63, 3.8) is 0 Å². The van der Waals surface area contributed by atoms with Gasteiger partial charge in [-0.15, -0.1) is 0 Å². The maximum atomic E-state index is 13.6. The first-order chi connectivity index (χ1) is 12.2. The molecule has 2 amide bonds. The van der Waals surface area contributed by atoms with Gasteiger partial charge in [-0.25, -0.2) is 9.18 Å². The molecular weight excluding hydrogens is 335 g/mol. The molecule has 25 heavy (non-hydrogen) atoms. The summed E-state index contributed by atoms with van der Waals surface area (Å²) in [5, 5.41) is 5.51. The van der Waals surface area contributed by atoms with Crippen molar-refractivity contribution in [3.8, 4) is 0 Å². The van der Waals surface area contributed by atoms with Gasteiger partial charge < -0.3 is 10.6 Å². The van der Waals surface area contributed by atoms with E-state index in [-0.39, 0.29) is 18.4 Å². The predicted molar refractivity (Wildman–Crippen MR) is 99.3 cm³/mol. The Balaban J connectivity index is 1.64. The molecule has 126 valence electrons. The molecule has 0 bridgehead atoms. The maximum Gasteiger partial charge on any atom is 0.319 e. The number of halogens is 1. The first kappa shape index (κ1) is 17.0. The fraction of sp³-hybridized carbons (Fsp3) is 0.0500. The molecule has 0 radical (unpaired) electrons. The molecule has 0 fully saturated rings. The largest absolute Gasteiger partial charge is 0.334 e. The fourth-order valence-electron chi connectivity index (χ4n) is 2.26. The van der Waals surface area contributed by atoms with Crippen molar-refractivity contribution in [2.75, 3.05) is 5.32 Å². The molecule has 0 spiro atoms. The van der Waals surface area contributed by atoms with E-state index in [1.54, 1.807) is 30.0 Å². The summed E-state index contributed by atoms with van der Waals surface area (Å²) in [4.78, 5) is 14.2. The number of carbonyl (C=O) groups is 1. The van der Waals surface area contributed by atoms with Crippen LogP contribution in [-0.4, -0.2) is 6.03 Å². The number of urea groups is 1. The lowest BCUT2D eigenvalue weighted by atomic mass is 10.2. The molecule has 0 aromatic heterocycles. The van der Waals surface area contributed by atoms with E-state index in [0.29, 0.717) is 11.3 Å². The molecular formula is C20H17FN2OS. The van der Waals surface area contributed by atoms with Gasteiger partial charge >= 0.3 is 6.03 Å². The minimum absolute atomic E-state index is 0.131. The highest BCUT2D eigenvalue weighted by atomic mass is 32.2. The lowest BCUT2D eigenvalue weighted by molar-refractivity contribution is 0.251. The van der Waals surface area contributed by atoms with Gasteiger partial charge in [0.25, 0.3) is 0 Å². The zero-order valence-corrected chi connectivity index (χ0v) is 14.2. The molecule has 5 heteroatoms. The van der Waals surface area contributed by atoms with E-state index in [1.807, 2.05) is 54.6 Å². The summed E-state index contributed by atoms with van der Waals surface area (Å²) in [7, 11) is 0. The van der Waals surface area contributed by atoms with Crippen LogP contribution in [0.3, 0.4) is 0 Å². The third-order valence-corrected chi connectivity index (χ3v) is 4.59. The Kier molecular flexibility index (Phi) is 5.69. The molecule has 3 rings (SSSR count). The highest BCUT2D eigenvalue weighted by Crippen LogP contribution is 2.33. The summed E-state index contributed by atoms with van der Waals surface area (Å²) in [5.74, 6) is -0.331. The maximum absolute atomic E-state index is 13.6. The Labute approximate surface area is 150 Å². The third kappa shape index (κ3) is 4.84. The molecule has 0 saturated heterocycles. The van der Waals surface area contributed by atoms with Gasteiger partial charge in [-0.1, -0.05) is 60.3 Å². The number of anilines is 1. The van der Waals surface area contributed by atoms with Crippen molar-refractivity contribution in [3.05, 3.63) is 90.2 Å². The number of amides is 2. The van der Waals surface area contributed by atoms with E-state index in [2.05, 4.69) is 10.6 Å². The number of nitrogens with one attached hydrogen (secondary N) is 2. The summed E-state index contributed by atoms with van der Waals surface area (Å²) >= 11 is 1.57. The van der Waals surface area contributed by atoms with Crippen LogP contribution in [0.2, 0.25) is 0 Å². The third-order valence-electron chi connectivity index (χ3n) is 3.50. The Morgan fingerprint density at radius 1 is 0.880 bits per heavy atom. The second kappa shape index (κ2) is 8.35. The molecule has 0 heterocycles. The van der Waals surface area contributed by atoms with Gasteiger partial charge in [-0.3, -0.25) is 0 Å².